The molecular formula is C16H17NO3. The van der Waals surface area contributed by atoms with Gasteiger partial charge in [0.1, 0.15) is 17.9 Å². The lowest BCUT2D eigenvalue weighted by molar-refractivity contribution is 0.0692. The van der Waals surface area contributed by atoms with Gasteiger partial charge in [-0.3, -0.25) is 0 Å². The van der Waals surface area contributed by atoms with E-state index >= 15 is 0 Å². The summed E-state index contributed by atoms with van der Waals surface area (Å²) in [5.74, 6) is -0.725. The molecule has 0 bridgehead atoms. The summed E-state index contributed by atoms with van der Waals surface area (Å²) in [7, 11) is 0. The number of hydrogen-bond donors (Lipinski definition) is 2. The molecule has 2 rings (SSSR count). The molecule has 0 spiro atoms. The fourth-order valence-electron chi connectivity index (χ4n) is 1.89. The third-order valence-corrected chi connectivity index (χ3v) is 3.20. The monoisotopic (exact) mass is 271 g/mol. The molecule has 0 aliphatic heterocycles. The highest BCUT2D eigenvalue weighted by Crippen LogP contribution is 2.23. The number of anilines is 1. The second kappa shape index (κ2) is 5.65. The van der Waals surface area contributed by atoms with Crippen molar-refractivity contribution in [2.45, 2.75) is 20.5 Å². The molecule has 0 unspecified atom stereocenters. The second-order valence-corrected chi connectivity index (χ2v) is 4.77. The van der Waals surface area contributed by atoms with Gasteiger partial charge in [0.2, 0.25) is 0 Å². The minimum atomic E-state index is -1.05. The number of rotatable bonds is 4. The number of nitrogen functional groups attached to an aromatic ring is 1. The van der Waals surface area contributed by atoms with E-state index in [1.165, 1.54) is 17.2 Å². The largest absolute Gasteiger partial charge is 0.488 e. The van der Waals surface area contributed by atoms with E-state index in [-0.39, 0.29) is 5.56 Å². The lowest BCUT2D eigenvalue weighted by Crippen LogP contribution is -2.04. The van der Waals surface area contributed by atoms with Crippen molar-refractivity contribution in [3.63, 3.8) is 0 Å². The van der Waals surface area contributed by atoms with Gasteiger partial charge in [-0.1, -0.05) is 18.2 Å². The van der Waals surface area contributed by atoms with Gasteiger partial charge < -0.3 is 15.6 Å². The summed E-state index contributed by atoms with van der Waals surface area (Å²) in [4.78, 5) is 11.1. The Morgan fingerprint density at radius 3 is 2.55 bits per heavy atom. The summed E-state index contributed by atoms with van der Waals surface area (Å²) < 4.78 is 5.60. The molecule has 0 fully saturated rings. The van der Waals surface area contributed by atoms with Crippen molar-refractivity contribution in [1.29, 1.82) is 0 Å². The van der Waals surface area contributed by atoms with E-state index in [2.05, 4.69) is 0 Å². The summed E-state index contributed by atoms with van der Waals surface area (Å²) in [5, 5.41) is 9.13. The van der Waals surface area contributed by atoms with Crippen LogP contribution < -0.4 is 10.5 Å². The zero-order chi connectivity index (χ0) is 14.7. The Labute approximate surface area is 117 Å². The Balaban J connectivity index is 2.18. The van der Waals surface area contributed by atoms with Crippen LogP contribution in [0.25, 0.3) is 0 Å². The quantitative estimate of drug-likeness (QED) is 0.838. The molecule has 20 heavy (non-hydrogen) atoms. The van der Waals surface area contributed by atoms with Crippen LogP contribution in [0.15, 0.2) is 36.4 Å². The summed E-state index contributed by atoms with van der Waals surface area (Å²) in [6.45, 7) is 4.40. The molecule has 0 radical (unpaired) electrons. The first kappa shape index (κ1) is 13.9. The van der Waals surface area contributed by atoms with Crippen molar-refractivity contribution < 1.29 is 14.6 Å². The number of benzene rings is 2. The standard InChI is InChI=1S/C16H17NO3/c1-10-3-4-12(7-11(10)2)9-20-15-6-5-13(17)8-14(15)16(18)19/h3-8H,9,17H2,1-2H3,(H,18,19). The van der Waals surface area contributed by atoms with E-state index in [0.29, 0.717) is 18.0 Å². The Kier molecular flexibility index (Phi) is 3.94. The Morgan fingerprint density at radius 2 is 1.90 bits per heavy atom. The lowest BCUT2D eigenvalue weighted by Gasteiger charge is -2.11. The van der Waals surface area contributed by atoms with Crippen molar-refractivity contribution in [2.75, 3.05) is 5.73 Å². The molecule has 0 atom stereocenters. The van der Waals surface area contributed by atoms with Gasteiger partial charge in [0, 0.05) is 5.69 Å². The van der Waals surface area contributed by atoms with Crippen LogP contribution in [-0.4, -0.2) is 11.1 Å². The molecule has 4 nitrogen and oxygen atoms in total. The second-order valence-electron chi connectivity index (χ2n) is 4.77. The van der Waals surface area contributed by atoms with Crippen LogP contribution in [0.4, 0.5) is 5.69 Å². The molecule has 0 saturated heterocycles. The van der Waals surface area contributed by atoms with E-state index in [0.717, 1.165) is 5.56 Å². The number of carboxylic acids is 1. The normalized spacial score (nSPS) is 10.3. The summed E-state index contributed by atoms with van der Waals surface area (Å²) in [6.07, 6.45) is 0. The minimum absolute atomic E-state index is 0.0776. The number of nitrogens with two attached hydrogens (primary N) is 1. The van der Waals surface area contributed by atoms with Crippen LogP contribution in [-0.2, 0) is 6.61 Å². The third kappa shape index (κ3) is 3.09. The molecule has 0 aromatic heterocycles. The van der Waals surface area contributed by atoms with Gasteiger partial charge in [0.15, 0.2) is 0 Å². The van der Waals surface area contributed by atoms with E-state index in [1.54, 1.807) is 12.1 Å². The highest BCUT2D eigenvalue weighted by atomic mass is 16.5. The average molecular weight is 271 g/mol. The van der Waals surface area contributed by atoms with Gasteiger partial charge in [-0.25, -0.2) is 4.79 Å². The van der Waals surface area contributed by atoms with Crippen LogP contribution in [0.1, 0.15) is 27.0 Å². The van der Waals surface area contributed by atoms with Gasteiger partial charge >= 0.3 is 5.97 Å². The van der Waals surface area contributed by atoms with Crippen molar-refractivity contribution in [3.8, 4) is 5.75 Å². The Hall–Kier alpha value is -2.49. The summed E-state index contributed by atoms with van der Waals surface area (Å²) >= 11 is 0. The van der Waals surface area contributed by atoms with E-state index in [9.17, 15) is 4.79 Å². The maximum Gasteiger partial charge on any atom is 0.339 e. The minimum Gasteiger partial charge on any atom is -0.488 e. The molecule has 3 N–H and O–H groups in total. The zero-order valence-electron chi connectivity index (χ0n) is 11.5. The van der Waals surface area contributed by atoms with Crippen LogP contribution in [0.3, 0.4) is 0 Å². The highest BCUT2D eigenvalue weighted by molar-refractivity contribution is 5.92. The fraction of sp³-hybridized carbons (Fsp3) is 0.188. The fourth-order valence-corrected chi connectivity index (χ4v) is 1.89. The molecule has 2 aromatic carbocycles. The van der Waals surface area contributed by atoms with Crippen molar-refractivity contribution in [3.05, 3.63) is 58.7 Å². The van der Waals surface area contributed by atoms with Gasteiger partial charge in [-0.15, -0.1) is 0 Å². The average Bonchev–Trinajstić information content (AvgIpc) is 2.41. The van der Waals surface area contributed by atoms with Gasteiger partial charge in [-0.05, 0) is 48.7 Å². The van der Waals surface area contributed by atoms with Crippen LogP contribution in [0.5, 0.6) is 5.75 Å². The Bertz CT molecular complexity index is 650. The number of carboxylic acid groups (broad SMARTS) is 1. The maximum absolute atomic E-state index is 11.1. The van der Waals surface area contributed by atoms with Crippen LogP contribution >= 0.6 is 0 Å². The summed E-state index contributed by atoms with van der Waals surface area (Å²) in [6, 6.07) is 10.6. The number of aryl methyl sites for hydroxylation is 2. The predicted molar refractivity (Wildman–Crippen MR) is 78.1 cm³/mol. The maximum atomic E-state index is 11.1. The predicted octanol–water partition coefficient (Wildman–Crippen LogP) is 3.16. The smallest absolute Gasteiger partial charge is 0.339 e. The molecule has 0 aliphatic rings. The highest BCUT2D eigenvalue weighted by Gasteiger charge is 2.11. The third-order valence-electron chi connectivity index (χ3n) is 3.20. The first-order valence-electron chi connectivity index (χ1n) is 6.29. The molecule has 0 amide bonds. The van der Waals surface area contributed by atoms with E-state index in [1.807, 2.05) is 32.0 Å². The molecular weight excluding hydrogens is 254 g/mol. The molecule has 0 aliphatic carbocycles. The topological polar surface area (TPSA) is 72.5 Å². The van der Waals surface area contributed by atoms with Gasteiger partial charge in [0.25, 0.3) is 0 Å². The van der Waals surface area contributed by atoms with Crippen molar-refractivity contribution in [1.82, 2.24) is 0 Å². The SMILES string of the molecule is Cc1ccc(COc2ccc(N)cc2C(=O)O)cc1C. The molecule has 0 heterocycles. The molecule has 104 valence electrons. The molecule has 0 saturated carbocycles. The number of aromatic carboxylic acids is 1. The van der Waals surface area contributed by atoms with Crippen molar-refractivity contribution >= 4 is 11.7 Å². The number of hydrogen-bond acceptors (Lipinski definition) is 3. The first-order chi connectivity index (χ1) is 9.47. The molecule has 2 aromatic rings. The zero-order valence-corrected chi connectivity index (χ0v) is 11.5. The number of carbonyl (C=O) groups is 1. The summed E-state index contributed by atoms with van der Waals surface area (Å²) in [5.41, 5.74) is 9.47. The Morgan fingerprint density at radius 1 is 1.15 bits per heavy atom. The van der Waals surface area contributed by atoms with E-state index in [4.69, 9.17) is 15.6 Å². The first-order valence-corrected chi connectivity index (χ1v) is 6.29. The van der Waals surface area contributed by atoms with Crippen molar-refractivity contribution in [2.24, 2.45) is 0 Å². The molecule has 4 heteroatoms. The number of ether oxygens (including phenoxy) is 1. The van der Waals surface area contributed by atoms with Crippen LogP contribution in [0.2, 0.25) is 0 Å². The lowest BCUT2D eigenvalue weighted by atomic mass is 10.1. The van der Waals surface area contributed by atoms with Gasteiger partial charge in [0.05, 0.1) is 0 Å². The van der Waals surface area contributed by atoms with Crippen LogP contribution in [0, 0.1) is 13.8 Å². The van der Waals surface area contributed by atoms with Gasteiger partial charge in [-0.2, -0.15) is 0 Å². The van der Waals surface area contributed by atoms with E-state index < -0.39 is 5.97 Å².